The minimum Gasteiger partial charge on any atom is -0.737 e. The van der Waals surface area contributed by atoms with E-state index in [0.29, 0.717) is 6.54 Å². The van der Waals surface area contributed by atoms with Gasteiger partial charge in [-0.15, -0.1) is 0 Å². The van der Waals surface area contributed by atoms with Crippen LogP contribution in [-0.4, -0.2) is 36.7 Å². The molecule has 0 aromatic heterocycles. The fourth-order valence-electron chi connectivity index (χ4n) is 0.883. The first-order chi connectivity index (χ1) is 6.22. The summed E-state index contributed by atoms with van der Waals surface area (Å²) in [7, 11) is 1.54. The molecule has 0 fully saturated rings. The van der Waals surface area contributed by atoms with Crippen molar-refractivity contribution >= 4 is 0 Å². The van der Waals surface area contributed by atoms with Crippen LogP contribution in [0.1, 0.15) is 19.8 Å². The largest absolute Gasteiger partial charge is 0.737 e. The molecule has 0 atom stereocenters. The molecule has 0 saturated carbocycles. The number of nitrogens with one attached hydrogen (secondary N) is 1. The van der Waals surface area contributed by atoms with Gasteiger partial charge < -0.3 is 15.7 Å². The molecular formula is C7H17N4O2-. The quantitative estimate of drug-likeness (QED) is 0.276. The molecule has 0 aromatic carbocycles. The smallest absolute Gasteiger partial charge is 0.0776 e. The highest BCUT2D eigenvalue weighted by Crippen LogP contribution is 1.88. The van der Waals surface area contributed by atoms with Crippen molar-refractivity contribution in [1.82, 2.24) is 10.3 Å². The molecule has 6 nitrogen and oxygen atoms in total. The summed E-state index contributed by atoms with van der Waals surface area (Å²) in [6, 6.07) is 0. The second kappa shape index (κ2) is 7.60. The lowest BCUT2D eigenvalue weighted by atomic mass is 10.4. The third-order valence-corrected chi connectivity index (χ3v) is 1.62. The highest BCUT2D eigenvalue weighted by Gasteiger charge is 2.01. The number of hydrogen-bond donors (Lipinski definition) is 1. The van der Waals surface area contributed by atoms with E-state index in [0.717, 1.165) is 25.9 Å². The number of nitrogens with zero attached hydrogens (tertiary/aromatic N) is 3. The zero-order chi connectivity index (χ0) is 10.1. The molecule has 0 spiro atoms. The van der Waals surface area contributed by atoms with Crippen LogP contribution in [0.25, 0.3) is 0 Å². The van der Waals surface area contributed by atoms with Crippen LogP contribution in [0.5, 0.6) is 0 Å². The Hall–Kier alpha value is -1.04. The van der Waals surface area contributed by atoms with Crippen molar-refractivity contribution in [2.75, 3.05) is 26.7 Å². The van der Waals surface area contributed by atoms with Gasteiger partial charge in [-0.1, -0.05) is 6.92 Å². The summed E-state index contributed by atoms with van der Waals surface area (Å²) in [5, 5.41) is 27.0. The zero-order valence-electron chi connectivity index (χ0n) is 8.19. The molecule has 0 rings (SSSR count). The minimum absolute atomic E-state index is 0.0554. The minimum atomic E-state index is 0.0554. The van der Waals surface area contributed by atoms with Crippen LogP contribution < -0.4 is 5.32 Å². The van der Waals surface area contributed by atoms with Gasteiger partial charge in [0.15, 0.2) is 0 Å². The van der Waals surface area contributed by atoms with Crippen molar-refractivity contribution in [3.63, 3.8) is 0 Å². The molecule has 0 heterocycles. The number of hydrogen-bond acceptors (Lipinski definition) is 4. The molecule has 0 aliphatic rings. The Bertz CT molecular complexity index is 151. The van der Waals surface area contributed by atoms with E-state index in [1.54, 1.807) is 0 Å². The van der Waals surface area contributed by atoms with Crippen LogP contribution in [0.2, 0.25) is 0 Å². The first-order valence-corrected chi connectivity index (χ1v) is 4.44. The van der Waals surface area contributed by atoms with Gasteiger partial charge in [-0.3, -0.25) is 0 Å². The molecule has 0 saturated heterocycles. The molecule has 78 valence electrons. The van der Waals surface area contributed by atoms with Crippen molar-refractivity contribution in [3.8, 4) is 0 Å². The standard InChI is InChI=1S/C7H18N4O2/c1-3-5-8-6-4-7-10(2)11(13)9-12/h8,12H,3-7H2,1-2H3/p-1/b11-9-. The van der Waals surface area contributed by atoms with Gasteiger partial charge in [0, 0.05) is 4.97 Å². The summed E-state index contributed by atoms with van der Waals surface area (Å²) in [5.41, 5.74) is 0. The van der Waals surface area contributed by atoms with E-state index < -0.39 is 0 Å². The SMILES string of the molecule is CCCNCCCN(C)/[N+]([O-])=N/[O-]. The van der Waals surface area contributed by atoms with Crippen LogP contribution >= 0.6 is 0 Å². The van der Waals surface area contributed by atoms with Crippen molar-refractivity contribution in [2.24, 2.45) is 5.28 Å². The predicted molar refractivity (Wildman–Crippen MR) is 49.8 cm³/mol. The Kier molecular flexibility index (Phi) is 6.99. The lowest BCUT2D eigenvalue weighted by molar-refractivity contribution is -0.684. The molecule has 1 N–H and O–H groups in total. The maximum Gasteiger partial charge on any atom is 0.0776 e. The molecule has 13 heavy (non-hydrogen) atoms. The van der Waals surface area contributed by atoms with Gasteiger partial charge in [-0.2, -0.15) is 5.01 Å². The van der Waals surface area contributed by atoms with Crippen molar-refractivity contribution < 1.29 is 4.97 Å². The summed E-state index contributed by atoms with van der Waals surface area (Å²) in [4.78, 5) is 0.0554. The second-order valence-electron chi connectivity index (χ2n) is 2.82. The third kappa shape index (κ3) is 6.15. The monoisotopic (exact) mass is 189 g/mol. The van der Waals surface area contributed by atoms with E-state index in [4.69, 9.17) is 0 Å². The highest BCUT2D eigenvalue weighted by molar-refractivity contribution is 4.47. The van der Waals surface area contributed by atoms with Gasteiger partial charge in [0.1, 0.15) is 0 Å². The van der Waals surface area contributed by atoms with Crippen LogP contribution in [0, 0.1) is 10.4 Å². The summed E-state index contributed by atoms with van der Waals surface area (Å²) < 4.78 is 0. The van der Waals surface area contributed by atoms with Crippen LogP contribution in [0.15, 0.2) is 5.28 Å². The Morgan fingerprint density at radius 3 is 2.69 bits per heavy atom. The Morgan fingerprint density at radius 2 is 2.15 bits per heavy atom. The van der Waals surface area contributed by atoms with Gasteiger partial charge in [-0.05, 0) is 31.2 Å². The maximum absolute atomic E-state index is 10.6. The topological polar surface area (TPSA) is 76.8 Å². The summed E-state index contributed by atoms with van der Waals surface area (Å²) in [6.07, 6.45) is 1.92. The van der Waals surface area contributed by atoms with Crippen molar-refractivity contribution in [2.45, 2.75) is 19.8 Å². The van der Waals surface area contributed by atoms with Crippen LogP contribution in [0.4, 0.5) is 0 Å². The lowest BCUT2D eigenvalue weighted by Gasteiger charge is -2.14. The van der Waals surface area contributed by atoms with Gasteiger partial charge in [-0.25, -0.2) is 0 Å². The average molecular weight is 189 g/mol. The van der Waals surface area contributed by atoms with Gasteiger partial charge in [0.05, 0.1) is 13.6 Å². The molecule has 0 aliphatic carbocycles. The second-order valence-corrected chi connectivity index (χ2v) is 2.82. The maximum atomic E-state index is 10.6. The average Bonchev–Trinajstić information content (AvgIpc) is 2.16. The van der Waals surface area contributed by atoms with Crippen LogP contribution in [-0.2, 0) is 0 Å². The van der Waals surface area contributed by atoms with E-state index in [1.807, 2.05) is 0 Å². The van der Waals surface area contributed by atoms with E-state index in [9.17, 15) is 10.4 Å². The molecule has 6 heteroatoms. The Morgan fingerprint density at radius 1 is 1.46 bits per heavy atom. The van der Waals surface area contributed by atoms with Crippen LogP contribution in [0.3, 0.4) is 0 Å². The van der Waals surface area contributed by atoms with Crippen molar-refractivity contribution in [1.29, 1.82) is 0 Å². The highest BCUT2D eigenvalue weighted by atomic mass is 16.6. The molecular weight excluding hydrogens is 172 g/mol. The molecule has 0 bridgehead atoms. The summed E-state index contributed by atoms with van der Waals surface area (Å²) in [6.45, 7) is 4.46. The number of hydrazine groups is 1. The fraction of sp³-hybridized carbons (Fsp3) is 1.00. The van der Waals surface area contributed by atoms with Gasteiger partial charge in [0.2, 0.25) is 0 Å². The molecule has 0 amide bonds. The fourth-order valence-corrected chi connectivity index (χ4v) is 0.883. The van der Waals surface area contributed by atoms with Gasteiger partial charge >= 0.3 is 0 Å². The normalized spacial score (nSPS) is 11.7. The Labute approximate surface area is 78.4 Å². The van der Waals surface area contributed by atoms with E-state index >= 15 is 0 Å². The third-order valence-electron chi connectivity index (χ3n) is 1.62. The first-order valence-electron chi connectivity index (χ1n) is 4.44. The molecule has 0 radical (unpaired) electrons. The van der Waals surface area contributed by atoms with E-state index in [1.165, 1.54) is 12.1 Å². The molecule has 0 unspecified atom stereocenters. The first kappa shape index (κ1) is 12.0. The Balaban J connectivity index is 3.32. The van der Waals surface area contributed by atoms with Crippen molar-refractivity contribution in [3.05, 3.63) is 10.4 Å². The van der Waals surface area contributed by atoms with Gasteiger partial charge in [0.25, 0.3) is 0 Å². The zero-order valence-corrected chi connectivity index (χ0v) is 8.19. The molecule has 0 aromatic rings. The lowest BCUT2D eigenvalue weighted by Crippen LogP contribution is -2.29. The summed E-state index contributed by atoms with van der Waals surface area (Å²) >= 11 is 0. The summed E-state index contributed by atoms with van der Waals surface area (Å²) in [5.74, 6) is 0. The van der Waals surface area contributed by atoms with E-state index in [2.05, 4.69) is 17.5 Å². The molecule has 0 aliphatic heterocycles. The number of rotatable bonds is 7. The predicted octanol–water partition coefficient (Wildman–Crippen LogP) is 0.683. The van der Waals surface area contributed by atoms with E-state index in [-0.39, 0.29) is 4.97 Å².